The van der Waals surface area contributed by atoms with Gasteiger partial charge in [-0.15, -0.1) is 0 Å². The van der Waals surface area contributed by atoms with E-state index < -0.39 is 21.7 Å². The SMILES string of the molecule is O=C(C1=NN(C2CCS(=O)(=O)C2)C(=O)CC1)N1CCN(C(=O)c2ccc(F)cc2Cl)CC1. The lowest BCUT2D eigenvalue weighted by Gasteiger charge is -2.36. The Bertz CT molecular complexity index is 1100. The van der Waals surface area contributed by atoms with E-state index in [1.54, 1.807) is 9.80 Å². The molecule has 0 N–H and O–H groups in total. The first-order chi connectivity index (χ1) is 15.1. The highest BCUT2D eigenvalue weighted by molar-refractivity contribution is 7.91. The van der Waals surface area contributed by atoms with Gasteiger partial charge in [0.05, 0.1) is 28.1 Å². The molecule has 0 saturated carbocycles. The molecule has 3 aliphatic heterocycles. The second kappa shape index (κ2) is 8.78. The number of hydrazone groups is 1. The van der Waals surface area contributed by atoms with Crippen LogP contribution in [0, 0.1) is 5.82 Å². The minimum Gasteiger partial charge on any atom is -0.335 e. The molecule has 0 aromatic heterocycles. The summed E-state index contributed by atoms with van der Waals surface area (Å²) in [6.45, 7) is 1.09. The van der Waals surface area contributed by atoms with Crippen molar-refractivity contribution in [3.8, 4) is 0 Å². The van der Waals surface area contributed by atoms with Gasteiger partial charge in [0.1, 0.15) is 11.5 Å². The average Bonchev–Trinajstić information content (AvgIpc) is 3.13. The van der Waals surface area contributed by atoms with E-state index in [1.807, 2.05) is 0 Å². The van der Waals surface area contributed by atoms with Gasteiger partial charge in [-0.1, -0.05) is 11.6 Å². The quantitative estimate of drug-likeness (QED) is 0.634. The lowest BCUT2D eigenvalue weighted by molar-refractivity contribution is -0.134. The van der Waals surface area contributed by atoms with Crippen molar-refractivity contribution in [1.82, 2.24) is 14.8 Å². The standard InChI is InChI=1S/C20H22ClFN4O5S/c21-16-11-13(22)1-2-15(16)19(28)24-6-8-25(9-7-24)20(29)17-3-4-18(27)26(23-17)14-5-10-32(30,31)12-14/h1-2,11,14H,3-10,12H2. The van der Waals surface area contributed by atoms with E-state index in [4.69, 9.17) is 11.6 Å². The zero-order valence-corrected chi connectivity index (χ0v) is 18.7. The van der Waals surface area contributed by atoms with Crippen molar-refractivity contribution in [3.05, 3.63) is 34.6 Å². The van der Waals surface area contributed by atoms with E-state index >= 15 is 0 Å². The van der Waals surface area contributed by atoms with Gasteiger partial charge in [0.25, 0.3) is 11.8 Å². The first kappa shape index (κ1) is 22.7. The Morgan fingerprint density at radius 2 is 1.72 bits per heavy atom. The molecule has 4 rings (SSSR count). The van der Waals surface area contributed by atoms with Crippen molar-refractivity contribution in [2.24, 2.45) is 5.10 Å². The van der Waals surface area contributed by atoms with Crippen LogP contribution in [-0.2, 0) is 19.4 Å². The summed E-state index contributed by atoms with van der Waals surface area (Å²) < 4.78 is 36.8. The molecule has 1 aromatic carbocycles. The molecule has 1 atom stereocenters. The fourth-order valence-electron chi connectivity index (χ4n) is 4.11. The van der Waals surface area contributed by atoms with E-state index in [9.17, 15) is 27.2 Å². The van der Waals surface area contributed by atoms with Crippen LogP contribution in [0.5, 0.6) is 0 Å². The molecule has 1 unspecified atom stereocenters. The second-order valence-corrected chi connectivity index (χ2v) is 10.7. The fourth-order valence-corrected chi connectivity index (χ4v) is 6.05. The van der Waals surface area contributed by atoms with Crippen molar-refractivity contribution in [2.45, 2.75) is 25.3 Å². The predicted octanol–water partition coefficient (Wildman–Crippen LogP) is 0.929. The van der Waals surface area contributed by atoms with Gasteiger partial charge in [-0.25, -0.2) is 17.8 Å². The zero-order chi connectivity index (χ0) is 23.0. The number of piperazine rings is 1. The topological polar surface area (TPSA) is 107 Å². The molecule has 3 heterocycles. The van der Waals surface area contributed by atoms with Crippen molar-refractivity contribution < 1.29 is 27.2 Å². The van der Waals surface area contributed by atoms with Crippen LogP contribution in [0.3, 0.4) is 0 Å². The Morgan fingerprint density at radius 3 is 2.31 bits per heavy atom. The highest BCUT2D eigenvalue weighted by atomic mass is 35.5. The van der Waals surface area contributed by atoms with Crippen LogP contribution >= 0.6 is 11.6 Å². The molecule has 172 valence electrons. The molecule has 0 spiro atoms. The maximum absolute atomic E-state index is 13.2. The zero-order valence-electron chi connectivity index (χ0n) is 17.2. The normalized spacial score (nSPS) is 23.3. The number of hydrogen-bond donors (Lipinski definition) is 0. The minimum atomic E-state index is -3.20. The first-order valence-electron chi connectivity index (χ1n) is 10.3. The van der Waals surface area contributed by atoms with Crippen LogP contribution in [0.4, 0.5) is 4.39 Å². The lowest BCUT2D eigenvalue weighted by Crippen LogP contribution is -2.53. The molecule has 32 heavy (non-hydrogen) atoms. The third-order valence-electron chi connectivity index (χ3n) is 5.88. The first-order valence-corrected chi connectivity index (χ1v) is 12.5. The Labute approximate surface area is 189 Å². The number of sulfone groups is 1. The Kier molecular flexibility index (Phi) is 6.22. The number of nitrogens with zero attached hydrogens (tertiary/aromatic N) is 4. The highest BCUT2D eigenvalue weighted by Crippen LogP contribution is 2.23. The van der Waals surface area contributed by atoms with Crippen molar-refractivity contribution in [1.29, 1.82) is 0 Å². The summed E-state index contributed by atoms with van der Waals surface area (Å²) in [6.07, 6.45) is 0.604. The molecule has 2 fully saturated rings. The van der Waals surface area contributed by atoms with Gasteiger partial charge in [0, 0.05) is 39.0 Å². The number of amides is 3. The van der Waals surface area contributed by atoms with Crippen LogP contribution in [0.15, 0.2) is 23.3 Å². The second-order valence-electron chi connectivity index (χ2n) is 8.05. The van der Waals surface area contributed by atoms with E-state index in [-0.39, 0.29) is 84.5 Å². The molecular weight excluding hydrogens is 463 g/mol. The third kappa shape index (κ3) is 4.63. The summed E-state index contributed by atoms with van der Waals surface area (Å²) >= 11 is 5.98. The third-order valence-corrected chi connectivity index (χ3v) is 7.94. The Hall–Kier alpha value is -2.53. The smallest absolute Gasteiger partial charge is 0.270 e. The van der Waals surface area contributed by atoms with Gasteiger partial charge in [0.15, 0.2) is 9.84 Å². The molecule has 12 heteroatoms. The molecule has 0 radical (unpaired) electrons. The maximum atomic E-state index is 13.2. The van der Waals surface area contributed by atoms with Crippen LogP contribution in [0.25, 0.3) is 0 Å². The molecule has 0 bridgehead atoms. The number of halogens is 2. The predicted molar refractivity (Wildman–Crippen MR) is 114 cm³/mol. The summed E-state index contributed by atoms with van der Waals surface area (Å²) in [6, 6.07) is 3.05. The molecule has 3 aliphatic rings. The largest absolute Gasteiger partial charge is 0.335 e. The van der Waals surface area contributed by atoms with Crippen molar-refractivity contribution in [3.63, 3.8) is 0 Å². The average molecular weight is 485 g/mol. The van der Waals surface area contributed by atoms with Crippen LogP contribution in [0.1, 0.15) is 29.6 Å². The molecule has 1 aromatic rings. The van der Waals surface area contributed by atoms with E-state index in [1.165, 1.54) is 12.1 Å². The van der Waals surface area contributed by atoms with Crippen LogP contribution < -0.4 is 0 Å². The fraction of sp³-hybridized carbons (Fsp3) is 0.500. The molecule has 0 aliphatic carbocycles. The van der Waals surface area contributed by atoms with Crippen LogP contribution in [-0.4, -0.2) is 90.4 Å². The number of carbonyl (C=O) groups excluding carboxylic acids is 3. The van der Waals surface area contributed by atoms with E-state index in [0.29, 0.717) is 6.42 Å². The Balaban J connectivity index is 1.40. The summed E-state index contributed by atoms with van der Waals surface area (Å²) in [5, 5.41) is 5.41. The molecule has 9 nitrogen and oxygen atoms in total. The monoisotopic (exact) mass is 484 g/mol. The van der Waals surface area contributed by atoms with Gasteiger partial charge in [-0.3, -0.25) is 14.4 Å². The van der Waals surface area contributed by atoms with E-state index in [2.05, 4.69) is 5.10 Å². The minimum absolute atomic E-state index is 0.00824. The molecule has 3 amide bonds. The van der Waals surface area contributed by atoms with Crippen molar-refractivity contribution >= 4 is 44.9 Å². The number of rotatable bonds is 3. The van der Waals surface area contributed by atoms with E-state index in [0.717, 1.165) is 11.1 Å². The van der Waals surface area contributed by atoms with Gasteiger partial charge in [-0.2, -0.15) is 5.10 Å². The van der Waals surface area contributed by atoms with Crippen LogP contribution in [0.2, 0.25) is 5.02 Å². The van der Waals surface area contributed by atoms with Gasteiger partial charge < -0.3 is 9.80 Å². The van der Waals surface area contributed by atoms with Crippen molar-refractivity contribution in [2.75, 3.05) is 37.7 Å². The number of benzene rings is 1. The van der Waals surface area contributed by atoms with Gasteiger partial charge in [-0.05, 0) is 24.6 Å². The summed E-state index contributed by atoms with van der Waals surface area (Å²) in [4.78, 5) is 41.0. The van der Waals surface area contributed by atoms with Gasteiger partial charge in [0.2, 0.25) is 5.91 Å². The summed E-state index contributed by atoms with van der Waals surface area (Å²) in [5.74, 6) is -1.61. The summed E-state index contributed by atoms with van der Waals surface area (Å²) in [7, 11) is -3.20. The molecular formula is C20H22ClFN4O5S. The number of carbonyl (C=O) groups is 3. The summed E-state index contributed by atoms with van der Waals surface area (Å²) in [5.41, 5.74) is 0.417. The number of hydrogen-bond acceptors (Lipinski definition) is 6. The Morgan fingerprint density at radius 1 is 1.06 bits per heavy atom. The highest BCUT2D eigenvalue weighted by Gasteiger charge is 2.38. The van der Waals surface area contributed by atoms with Gasteiger partial charge >= 0.3 is 0 Å². The lowest BCUT2D eigenvalue weighted by atomic mass is 10.1. The molecule has 2 saturated heterocycles. The maximum Gasteiger partial charge on any atom is 0.270 e.